The zero-order valence-electron chi connectivity index (χ0n) is 20.3. The molecule has 0 saturated carbocycles. The first kappa shape index (κ1) is 26.2. The first-order chi connectivity index (χ1) is 16.5. The van der Waals surface area contributed by atoms with Crippen molar-refractivity contribution >= 4 is 23.2 Å². The maximum atomic E-state index is 12.4. The summed E-state index contributed by atoms with van der Waals surface area (Å²) in [5.41, 5.74) is 1.37. The lowest BCUT2D eigenvalue weighted by Gasteiger charge is -2.23. The van der Waals surface area contributed by atoms with Gasteiger partial charge in [-0.1, -0.05) is 55.8 Å². The van der Waals surface area contributed by atoms with Gasteiger partial charge in [0.15, 0.2) is 0 Å². The number of carbonyl (C=O) groups excluding carboxylic acids is 2. The second-order valence-electron chi connectivity index (χ2n) is 9.14. The van der Waals surface area contributed by atoms with Gasteiger partial charge in [0, 0.05) is 17.8 Å². The molecule has 34 heavy (non-hydrogen) atoms. The van der Waals surface area contributed by atoms with Crippen molar-refractivity contribution in [2.75, 3.05) is 13.7 Å². The number of aliphatic hydroxyl groups excluding tert-OH is 1. The summed E-state index contributed by atoms with van der Waals surface area (Å²) in [5, 5.41) is 10.6. The summed E-state index contributed by atoms with van der Waals surface area (Å²) in [4.78, 5) is 27.7. The molecule has 0 unspecified atom stereocenters. The molecule has 1 saturated heterocycles. The molecule has 6 heteroatoms. The van der Waals surface area contributed by atoms with Crippen molar-refractivity contribution in [3.63, 3.8) is 0 Å². The molecule has 184 valence electrons. The maximum Gasteiger partial charge on any atom is 0.348 e. The molecule has 3 atom stereocenters. The van der Waals surface area contributed by atoms with Crippen molar-refractivity contribution in [3.8, 4) is 0 Å². The van der Waals surface area contributed by atoms with Crippen LogP contribution in [0.4, 0.5) is 0 Å². The van der Waals surface area contributed by atoms with E-state index in [1.54, 1.807) is 6.07 Å². The molecule has 1 aromatic heterocycles. The van der Waals surface area contributed by atoms with Crippen molar-refractivity contribution in [1.82, 2.24) is 4.90 Å². The van der Waals surface area contributed by atoms with Gasteiger partial charge in [-0.15, -0.1) is 11.3 Å². The van der Waals surface area contributed by atoms with Crippen LogP contribution >= 0.6 is 11.3 Å². The highest BCUT2D eigenvalue weighted by atomic mass is 32.1. The first-order valence-corrected chi connectivity index (χ1v) is 13.2. The van der Waals surface area contributed by atoms with Crippen molar-refractivity contribution in [3.05, 3.63) is 69.9 Å². The van der Waals surface area contributed by atoms with E-state index in [1.807, 2.05) is 29.2 Å². The number of thiophene rings is 1. The molecule has 1 aliphatic heterocycles. The van der Waals surface area contributed by atoms with Crippen LogP contribution in [-0.2, 0) is 22.4 Å². The third-order valence-electron chi connectivity index (χ3n) is 6.58. The molecule has 5 nitrogen and oxygen atoms in total. The van der Waals surface area contributed by atoms with Gasteiger partial charge in [-0.25, -0.2) is 4.79 Å². The number of aliphatic hydroxyl groups is 1. The summed E-state index contributed by atoms with van der Waals surface area (Å²) in [6.07, 6.45) is 10.7. The lowest BCUT2D eigenvalue weighted by molar-refractivity contribution is -0.128. The van der Waals surface area contributed by atoms with Crippen LogP contribution in [0.15, 0.2) is 54.6 Å². The van der Waals surface area contributed by atoms with Crippen molar-refractivity contribution in [2.24, 2.45) is 5.92 Å². The van der Waals surface area contributed by atoms with Gasteiger partial charge in [-0.3, -0.25) is 4.79 Å². The van der Waals surface area contributed by atoms with E-state index in [1.165, 1.54) is 24.0 Å². The zero-order valence-corrected chi connectivity index (χ0v) is 21.1. The number of amides is 1. The molecule has 1 amide bonds. The number of esters is 1. The number of ether oxygens (including phenoxy) is 1. The minimum Gasteiger partial charge on any atom is -0.465 e. The smallest absolute Gasteiger partial charge is 0.348 e. The van der Waals surface area contributed by atoms with Crippen LogP contribution in [0.5, 0.6) is 0 Å². The highest BCUT2D eigenvalue weighted by molar-refractivity contribution is 7.13. The molecule has 1 fully saturated rings. The third kappa shape index (κ3) is 7.81. The number of unbranched alkanes of at least 4 members (excludes halogenated alkanes) is 1. The number of hydrogen-bond acceptors (Lipinski definition) is 5. The summed E-state index contributed by atoms with van der Waals surface area (Å²) >= 11 is 1.45. The molecule has 3 rings (SSSR count). The number of carbonyl (C=O) groups is 2. The van der Waals surface area contributed by atoms with E-state index >= 15 is 0 Å². The van der Waals surface area contributed by atoms with E-state index in [0.717, 1.165) is 49.8 Å². The van der Waals surface area contributed by atoms with Gasteiger partial charge in [0.05, 0.1) is 19.3 Å². The number of benzene rings is 1. The van der Waals surface area contributed by atoms with Gasteiger partial charge >= 0.3 is 5.97 Å². The summed E-state index contributed by atoms with van der Waals surface area (Å²) in [6.45, 7) is 2.78. The Bertz CT molecular complexity index is 939. The Balaban J connectivity index is 1.40. The lowest BCUT2D eigenvalue weighted by atomic mass is 9.95. The lowest BCUT2D eigenvalue weighted by Crippen LogP contribution is -2.33. The SMILES string of the molecule is COC(=O)c1ccc(CCCN2C(=O)CC[C@@H]2C=C[C@@H](O)[C@@H](C)CCCCc2ccccc2)s1. The van der Waals surface area contributed by atoms with Crippen LogP contribution in [0.3, 0.4) is 0 Å². The van der Waals surface area contributed by atoms with Gasteiger partial charge in [0.1, 0.15) is 4.88 Å². The normalized spacial score (nSPS) is 17.9. The monoisotopic (exact) mass is 483 g/mol. The molecular weight excluding hydrogens is 446 g/mol. The quantitative estimate of drug-likeness (QED) is 0.235. The largest absolute Gasteiger partial charge is 0.465 e. The van der Waals surface area contributed by atoms with Crippen LogP contribution in [0, 0.1) is 5.92 Å². The number of rotatable bonds is 13. The van der Waals surface area contributed by atoms with Gasteiger partial charge < -0.3 is 14.7 Å². The van der Waals surface area contributed by atoms with E-state index in [4.69, 9.17) is 4.74 Å². The Morgan fingerprint density at radius 1 is 1.18 bits per heavy atom. The van der Waals surface area contributed by atoms with Gasteiger partial charge in [0.25, 0.3) is 0 Å². The third-order valence-corrected chi connectivity index (χ3v) is 7.70. The summed E-state index contributed by atoms with van der Waals surface area (Å²) in [5.74, 6) is 0.0695. The van der Waals surface area contributed by atoms with E-state index in [-0.39, 0.29) is 23.8 Å². The Labute approximate surface area is 207 Å². The van der Waals surface area contributed by atoms with Gasteiger partial charge in [-0.05, 0) is 62.1 Å². The van der Waals surface area contributed by atoms with E-state index < -0.39 is 6.10 Å². The average Bonchev–Trinajstić information content (AvgIpc) is 3.47. The predicted molar refractivity (Wildman–Crippen MR) is 137 cm³/mol. The average molecular weight is 484 g/mol. The second-order valence-corrected chi connectivity index (χ2v) is 10.3. The molecule has 1 aliphatic rings. The minimum atomic E-state index is -0.489. The number of hydrogen-bond donors (Lipinski definition) is 1. The van der Waals surface area contributed by atoms with Gasteiger partial charge in [-0.2, -0.15) is 0 Å². The van der Waals surface area contributed by atoms with Crippen molar-refractivity contribution in [1.29, 1.82) is 0 Å². The Morgan fingerprint density at radius 3 is 2.74 bits per heavy atom. The number of aryl methyl sites for hydroxylation is 2. The summed E-state index contributed by atoms with van der Waals surface area (Å²) < 4.78 is 4.76. The second kappa shape index (κ2) is 13.4. The van der Waals surface area contributed by atoms with Crippen LogP contribution < -0.4 is 0 Å². The Morgan fingerprint density at radius 2 is 1.97 bits per heavy atom. The minimum absolute atomic E-state index is 0.0568. The number of likely N-dealkylation sites (tertiary alicyclic amines) is 1. The fourth-order valence-electron chi connectivity index (χ4n) is 4.44. The van der Waals surface area contributed by atoms with Crippen LogP contribution in [0.25, 0.3) is 0 Å². The standard InChI is InChI=1S/C28H37NO4S/c1-21(9-6-7-12-22-10-4-3-5-11-22)25(30)17-14-23-15-19-27(31)29(23)20-8-13-24-16-18-26(34-24)28(32)33-2/h3-5,10-11,14,16-18,21,23,25,30H,6-9,12-13,15,19-20H2,1-2H3/t21-,23-,25+/m0/s1. The van der Waals surface area contributed by atoms with Crippen molar-refractivity contribution < 1.29 is 19.4 Å². The molecule has 2 heterocycles. The van der Waals surface area contributed by atoms with Gasteiger partial charge in [0.2, 0.25) is 5.91 Å². The number of methoxy groups -OCH3 is 1. The number of nitrogens with zero attached hydrogens (tertiary/aromatic N) is 1. The molecular formula is C28H37NO4S. The van der Waals surface area contributed by atoms with Crippen molar-refractivity contribution in [2.45, 2.75) is 70.4 Å². The fraction of sp³-hybridized carbons (Fsp3) is 0.500. The molecule has 0 aliphatic carbocycles. The van der Waals surface area contributed by atoms with E-state index in [2.05, 4.69) is 31.2 Å². The Kier molecular flexibility index (Phi) is 10.4. The highest BCUT2D eigenvalue weighted by Gasteiger charge is 2.28. The molecule has 0 bridgehead atoms. The fourth-order valence-corrected chi connectivity index (χ4v) is 5.40. The summed E-state index contributed by atoms with van der Waals surface area (Å²) in [7, 11) is 1.39. The Hall–Kier alpha value is -2.44. The predicted octanol–water partition coefficient (Wildman–Crippen LogP) is 5.42. The molecule has 0 radical (unpaired) electrons. The molecule has 0 spiro atoms. The first-order valence-electron chi connectivity index (χ1n) is 12.3. The highest BCUT2D eigenvalue weighted by Crippen LogP contribution is 2.24. The van der Waals surface area contributed by atoms with Crippen LogP contribution in [0.2, 0.25) is 0 Å². The zero-order chi connectivity index (χ0) is 24.3. The van der Waals surface area contributed by atoms with E-state index in [0.29, 0.717) is 17.8 Å². The molecule has 1 aromatic carbocycles. The van der Waals surface area contributed by atoms with Crippen LogP contribution in [-0.4, -0.2) is 47.7 Å². The maximum absolute atomic E-state index is 12.4. The topological polar surface area (TPSA) is 66.8 Å². The summed E-state index contributed by atoms with van der Waals surface area (Å²) in [6, 6.07) is 14.3. The van der Waals surface area contributed by atoms with Crippen LogP contribution in [0.1, 0.15) is 65.6 Å². The molecule has 2 aromatic rings. The molecule has 1 N–H and O–H groups in total. The van der Waals surface area contributed by atoms with E-state index in [9.17, 15) is 14.7 Å².